The minimum Gasteiger partial charge on any atom is -0.508 e. The molecule has 6 aromatic rings. The number of rotatable bonds is 8. The van der Waals surface area contributed by atoms with Crippen molar-refractivity contribution in [2.24, 2.45) is 0 Å². The lowest BCUT2D eigenvalue weighted by molar-refractivity contribution is 0.0990. The molecule has 4 aliphatic heterocycles. The molecule has 4 aliphatic rings. The molecule has 12 heteroatoms. The van der Waals surface area contributed by atoms with Crippen molar-refractivity contribution in [1.82, 2.24) is 9.80 Å². The minimum absolute atomic E-state index is 0.000437. The molecule has 0 amide bonds. The highest BCUT2D eigenvalue weighted by atomic mass is 16.5. The number of aromatic hydroxyl groups is 2. The van der Waals surface area contributed by atoms with Gasteiger partial charge in [-0.2, -0.15) is 0 Å². The molecule has 4 heterocycles. The highest BCUT2D eigenvalue weighted by molar-refractivity contribution is 6.00. The molecular formula is C53H56N2O10. The average molecular weight is 881 g/mol. The van der Waals surface area contributed by atoms with E-state index in [4.69, 9.17) is 33.2 Å². The van der Waals surface area contributed by atoms with Gasteiger partial charge in [0.05, 0.1) is 41.1 Å². The number of carbonyl (C=O) groups excluding carboxylic acids is 1. The number of carbonyl (C=O) groups is 1. The van der Waals surface area contributed by atoms with E-state index in [0.29, 0.717) is 40.2 Å². The summed E-state index contributed by atoms with van der Waals surface area (Å²) in [6.07, 6.45) is 3.56. The molecule has 65 heavy (non-hydrogen) atoms. The molecule has 0 spiro atoms. The second-order valence-corrected chi connectivity index (χ2v) is 16.6. The first-order valence-electron chi connectivity index (χ1n) is 21.7. The third kappa shape index (κ3) is 9.50. The van der Waals surface area contributed by atoms with Crippen molar-refractivity contribution in [1.29, 1.82) is 0 Å². The second-order valence-electron chi connectivity index (χ2n) is 16.6. The van der Waals surface area contributed by atoms with E-state index in [2.05, 4.69) is 66.4 Å². The molecule has 6 bridgehead atoms. The fourth-order valence-electron chi connectivity index (χ4n) is 9.06. The predicted molar refractivity (Wildman–Crippen MR) is 248 cm³/mol. The van der Waals surface area contributed by atoms with E-state index in [1.54, 1.807) is 59.8 Å². The first-order chi connectivity index (χ1) is 31.5. The summed E-state index contributed by atoms with van der Waals surface area (Å²) >= 11 is 0. The first kappa shape index (κ1) is 44.7. The second kappa shape index (κ2) is 19.5. The number of nitrogens with zero attached hydrogens (tertiary/aromatic N) is 2. The van der Waals surface area contributed by atoms with Gasteiger partial charge in [0.15, 0.2) is 40.3 Å². The van der Waals surface area contributed by atoms with Crippen molar-refractivity contribution in [2.75, 3.05) is 62.7 Å². The summed E-state index contributed by atoms with van der Waals surface area (Å²) < 4.78 is 42.1. The van der Waals surface area contributed by atoms with Crippen LogP contribution in [0.25, 0.3) is 0 Å². The van der Waals surface area contributed by atoms with Gasteiger partial charge < -0.3 is 43.4 Å². The molecule has 2 N–H and O–H groups in total. The Morgan fingerprint density at radius 1 is 0.631 bits per heavy atom. The van der Waals surface area contributed by atoms with Crippen LogP contribution < -0.4 is 33.2 Å². The predicted octanol–water partition coefficient (Wildman–Crippen LogP) is 9.69. The zero-order valence-electron chi connectivity index (χ0n) is 38.0. The molecule has 6 aromatic carbocycles. The molecule has 338 valence electrons. The Morgan fingerprint density at radius 2 is 1.28 bits per heavy atom. The van der Waals surface area contributed by atoms with E-state index in [9.17, 15) is 15.0 Å². The average Bonchev–Trinajstić information content (AvgIpc) is 3.31. The standard InChI is InChI=1S/C38H42N2O6.C15H14O4/c1-39-15-13-25-20-32(42-4)34-22-28(25)29(39)17-23-7-10-27(11-8-23)45-33-19-24(9-12-31(33)41-3)18-30-36-26(14-16-40(30)2)21-35(43-5)37(44-6)38(36)46-34;1-19-12-5-2-10(3-6-12)8-14(17)13-7-4-11(16)9-15(13)18/h7-12,19-22,29-30H,13-18H2,1-6H3;2-7,9,16,18H,8H2,1H3. The van der Waals surface area contributed by atoms with E-state index < -0.39 is 0 Å². The van der Waals surface area contributed by atoms with Gasteiger partial charge in [-0.15, -0.1) is 0 Å². The number of benzene rings is 6. The Hall–Kier alpha value is -6.89. The third-order valence-electron chi connectivity index (χ3n) is 12.7. The Balaban J connectivity index is 0.000000254. The smallest absolute Gasteiger partial charge is 0.204 e. The van der Waals surface area contributed by atoms with Crippen LogP contribution in [-0.2, 0) is 32.1 Å². The van der Waals surface area contributed by atoms with Gasteiger partial charge in [-0.1, -0.05) is 30.3 Å². The van der Waals surface area contributed by atoms with Gasteiger partial charge in [-0.3, -0.25) is 14.6 Å². The van der Waals surface area contributed by atoms with Crippen molar-refractivity contribution in [3.05, 3.63) is 148 Å². The van der Waals surface area contributed by atoms with Crippen molar-refractivity contribution in [3.8, 4) is 63.2 Å². The number of likely N-dealkylation sites (N-methyl/N-ethyl adjacent to an activating group) is 2. The molecule has 0 aliphatic carbocycles. The maximum Gasteiger partial charge on any atom is 0.204 e. The van der Waals surface area contributed by atoms with E-state index >= 15 is 0 Å². The number of methoxy groups -OCH3 is 5. The summed E-state index contributed by atoms with van der Waals surface area (Å²) in [4.78, 5) is 16.8. The van der Waals surface area contributed by atoms with E-state index in [1.807, 2.05) is 18.2 Å². The number of Topliss-reactive ketones (excluding diaryl/α,β-unsaturated/α-hetero) is 1. The summed E-state index contributed by atoms with van der Waals surface area (Å²) in [7, 11) is 12.7. The van der Waals surface area contributed by atoms with Crippen LogP contribution in [0.5, 0.6) is 63.2 Å². The van der Waals surface area contributed by atoms with Crippen LogP contribution in [0.15, 0.2) is 103 Å². The lowest BCUT2D eigenvalue weighted by atomic mass is 9.87. The number of ether oxygens (including phenoxy) is 7. The highest BCUT2D eigenvalue weighted by Crippen LogP contribution is 2.52. The van der Waals surface area contributed by atoms with Crippen LogP contribution in [-0.4, -0.2) is 88.5 Å². The largest absolute Gasteiger partial charge is 0.508 e. The number of phenols is 2. The van der Waals surface area contributed by atoms with Crippen molar-refractivity contribution >= 4 is 5.78 Å². The van der Waals surface area contributed by atoms with Gasteiger partial charge in [-0.25, -0.2) is 0 Å². The van der Waals surface area contributed by atoms with E-state index in [1.165, 1.54) is 34.4 Å². The monoisotopic (exact) mass is 880 g/mol. The molecule has 0 saturated carbocycles. The van der Waals surface area contributed by atoms with Gasteiger partial charge in [-0.05, 0) is 140 Å². The summed E-state index contributed by atoms with van der Waals surface area (Å²) in [5.74, 6) is 5.65. The minimum atomic E-state index is -0.210. The molecule has 10 rings (SSSR count). The summed E-state index contributed by atoms with van der Waals surface area (Å²) in [6, 6.07) is 32.3. The highest BCUT2D eigenvalue weighted by Gasteiger charge is 2.35. The van der Waals surface area contributed by atoms with Crippen LogP contribution in [0.2, 0.25) is 0 Å². The lowest BCUT2D eigenvalue weighted by Crippen LogP contribution is -2.34. The zero-order chi connectivity index (χ0) is 45.8. The van der Waals surface area contributed by atoms with Gasteiger partial charge in [0.2, 0.25) is 5.75 Å². The van der Waals surface area contributed by atoms with Gasteiger partial charge in [0.1, 0.15) is 23.0 Å². The molecule has 0 saturated heterocycles. The van der Waals surface area contributed by atoms with Crippen LogP contribution in [0.1, 0.15) is 61.4 Å². The number of hydrogen-bond acceptors (Lipinski definition) is 12. The normalized spacial score (nSPS) is 16.5. The SMILES string of the molecule is COc1ccc(CC(=O)c2ccc(O)cc2O)cc1.COc1ccc2cc1Oc1ccc(cc1)CC1c3cc(c(OC)cc3CCN1C)Oc1c(OC)c(OC)cc3c1C(C2)N(C)CC3. The molecule has 0 aromatic heterocycles. The van der Waals surface area contributed by atoms with Crippen LogP contribution in [0.3, 0.4) is 0 Å². The van der Waals surface area contributed by atoms with Crippen LogP contribution in [0.4, 0.5) is 0 Å². The molecule has 0 fully saturated rings. The maximum atomic E-state index is 12.0. The van der Waals surface area contributed by atoms with Crippen LogP contribution in [0, 0.1) is 0 Å². The fraction of sp³-hybridized carbons (Fsp3) is 0.302. The van der Waals surface area contributed by atoms with Crippen molar-refractivity contribution in [3.63, 3.8) is 0 Å². The Morgan fingerprint density at radius 3 is 1.95 bits per heavy atom. The van der Waals surface area contributed by atoms with Gasteiger partial charge >= 0.3 is 0 Å². The lowest BCUT2D eigenvalue weighted by Gasteiger charge is -2.37. The molecular weight excluding hydrogens is 825 g/mol. The molecule has 2 atom stereocenters. The first-order valence-corrected chi connectivity index (χ1v) is 21.7. The molecule has 12 nitrogen and oxygen atoms in total. The van der Waals surface area contributed by atoms with E-state index in [-0.39, 0.29) is 41.4 Å². The zero-order valence-corrected chi connectivity index (χ0v) is 38.0. The quantitative estimate of drug-likeness (QED) is 0.141. The van der Waals surface area contributed by atoms with Gasteiger partial charge in [0.25, 0.3) is 0 Å². The Bertz CT molecular complexity index is 2660. The Labute approximate surface area is 380 Å². The molecule has 0 radical (unpaired) electrons. The summed E-state index contributed by atoms with van der Waals surface area (Å²) in [5, 5.41) is 18.8. The fourth-order valence-corrected chi connectivity index (χ4v) is 9.06. The third-order valence-corrected chi connectivity index (χ3v) is 12.7. The molecule has 2 unspecified atom stereocenters. The van der Waals surface area contributed by atoms with Gasteiger partial charge in [0, 0.05) is 43.2 Å². The van der Waals surface area contributed by atoms with E-state index in [0.717, 1.165) is 73.0 Å². The number of fused-ring (bicyclic) bond motifs is 2. The number of phenolic OH excluding ortho intramolecular Hbond substituents is 2. The van der Waals surface area contributed by atoms with Crippen molar-refractivity contribution in [2.45, 2.75) is 44.2 Å². The maximum absolute atomic E-state index is 12.0. The number of hydrogen-bond donors (Lipinski definition) is 2. The van der Waals surface area contributed by atoms with Crippen LogP contribution >= 0.6 is 0 Å². The van der Waals surface area contributed by atoms with Crippen molar-refractivity contribution < 1.29 is 48.2 Å². The summed E-state index contributed by atoms with van der Waals surface area (Å²) in [5.41, 5.74) is 8.19. The number of ketones is 1. The topological polar surface area (TPSA) is 129 Å². The Kier molecular flexibility index (Phi) is 13.4. The summed E-state index contributed by atoms with van der Waals surface area (Å²) in [6.45, 7) is 1.86.